The Labute approximate surface area is 192 Å². The van der Waals surface area contributed by atoms with E-state index in [0.29, 0.717) is 23.9 Å². The predicted molar refractivity (Wildman–Crippen MR) is 132 cm³/mol. The van der Waals surface area contributed by atoms with Crippen molar-refractivity contribution in [1.29, 1.82) is 0 Å². The Morgan fingerprint density at radius 2 is 1.88 bits per heavy atom. The molecule has 9 heteroatoms. The van der Waals surface area contributed by atoms with Gasteiger partial charge in [0.1, 0.15) is 5.69 Å². The van der Waals surface area contributed by atoms with E-state index in [1.807, 2.05) is 68.5 Å². The lowest BCUT2D eigenvalue weighted by molar-refractivity contribution is -0.384. The van der Waals surface area contributed by atoms with E-state index in [2.05, 4.69) is 32.0 Å². The molecule has 170 valence electrons. The summed E-state index contributed by atoms with van der Waals surface area (Å²) >= 11 is 0. The molecule has 0 saturated carbocycles. The van der Waals surface area contributed by atoms with Crippen molar-refractivity contribution >= 4 is 33.9 Å². The number of hydrogen-bond donors (Lipinski definition) is 1. The summed E-state index contributed by atoms with van der Waals surface area (Å²) in [6.07, 6.45) is 3.73. The van der Waals surface area contributed by atoms with Gasteiger partial charge in [-0.05, 0) is 38.4 Å². The van der Waals surface area contributed by atoms with Crippen LogP contribution < -0.4 is 10.2 Å². The van der Waals surface area contributed by atoms with Gasteiger partial charge in [0, 0.05) is 67.8 Å². The minimum absolute atomic E-state index is 0.0338. The smallest absolute Gasteiger partial charge is 0.294 e. The van der Waals surface area contributed by atoms with Crippen LogP contribution in [0.5, 0.6) is 0 Å². The number of nitro benzene ring substituents is 1. The molecule has 4 aromatic rings. The zero-order valence-electron chi connectivity index (χ0n) is 19.2. The van der Waals surface area contributed by atoms with Gasteiger partial charge in [0.05, 0.1) is 10.6 Å². The molecule has 2 aromatic heterocycles. The van der Waals surface area contributed by atoms with Gasteiger partial charge in [0.2, 0.25) is 5.95 Å². The van der Waals surface area contributed by atoms with E-state index in [-0.39, 0.29) is 10.6 Å². The first-order valence-electron chi connectivity index (χ1n) is 10.6. The molecule has 1 N–H and O–H groups in total. The van der Waals surface area contributed by atoms with Crippen molar-refractivity contribution in [2.75, 3.05) is 44.4 Å². The molecule has 33 heavy (non-hydrogen) atoms. The zero-order valence-corrected chi connectivity index (χ0v) is 19.2. The largest absolute Gasteiger partial charge is 0.368 e. The first-order valence-corrected chi connectivity index (χ1v) is 10.6. The second-order valence-corrected chi connectivity index (χ2v) is 8.25. The van der Waals surface area contributed by atoms with Gasteiger partial charge in [-0.2, -0.15) is 0 Å². The molecule has 9 nitrogen and oxygen atoms in total. The van der Waals surface area contributed by atoms with Crippen molar-refractivity contribution in [3.05, 3.63) is 71.0 Å². The molecule has 0 fully saturated rings. The summed E-state index contributed by atoms with van der Waals surface area (Å²) in [4.78, 5) is 24.3. The Morgan fingerprint density at radius 3 is 2.64 bits per heavy atom. The molecule has 0 atom stereocenters. The number of nitrogens with one attached hydrogen (secondary N) is 1. The minimum atomic E-state index is -0.361. The molecular weight excluding hydrogens is 418 g/mol. The fourth-order valence-electron chi connectivity index (χ4n) is 3.78. The summed E-state index contributed by atoms with van der Waals surface area (Å²) in [7, 11) is 7.81. The topological polar surface area (TPSA) is 92.4 Å². The number of para-hydroxylation sites is 1. The number of anilines is 3. The van der Waals surface area contributed by atoms with Crippen molar-refractivity contribution in [3.63, 3.8) is 0 Å². The van der Waals surface area contributed by atoms with Gasteiger partial charge in [-0.25, -0.2) is 9.97 Å². The Bertz CT molecular complexity index is 1300. The first kappa shape index (κ1) is 22.2. The lowest BCUT2D eigenvalue weighted by Crippen LogP contribution is -2.28. The highest BCUT2D eigenvalue weighted by atomic mass is 16.6. The maximum absolute atomic E-state index is 11.7. The van der Waals surface area contributed by atoms with Crippen LogP contribution in [-0.2, 0) is 7.05 Å². The fourth-order valence-corrected chi connectivity index (χ4v) is 3.78. The van der Waals surface area contributed by atoms with Crippen LogP contribution >= 0.6 is 0 Å². The van der Waals surface area contributed by atoms with Gasteiger partial charge in [0.15, 0.2) is 0 Å². The highest BCUT2D eigenvalue weighted by Crippen LogP contribution is 2.32. The van der Waals surface area contributed by atoms with E-state index < -0.39 is 0 Å². The molecule has 0 spiro atoms. The summed E-state index contributed by atoms with van der Waals surface area (Å²) in [5.74, 6) is 0.378. The van der Waals surface area contributed by atoms with E-state index in [9.17, 15) is 10.1 Å². The van der Waals surface area contributed by atoms with E-state index in [4.69, 9.17) is 0 Å². The molecule has 0 aliphatic rings. The molecule has 0 aliphatic carbocycles. The van der Waals surface area contributed by atoms with Crippen molar-refractivity contribution in [2.45, 2.75) is 0 Å². The molecule has 0 bridgehead atoms. The molecular formula is C24H27N7O2. The lowest BCUT2D eigenvalue weighted by Gasteiger charge is -2.21. The van der Waals surface area contributed by atoms with Crippen molar-refractivity contribution in [1.82, 2.24) is 19.4 Å². The number of aryl methyl sites for hydroxylation is 1. The first-order chi connectivity index (χ1) is 15.8. The minimum Gasteiger partial charge on any atom is -0.368 e. The second kappa shape index (κ2) is 9.25. The van der Waals surface area contributed by atoms with Gasteiger partial charge in [-0.3, -0.25) is 10.1 Å². The number of benzene rings is 2. The van der Waals surface area contributed by atoms with Crippen molar-refractivity contribution < 1.29 is 4.92 Å². The normalized spacial score (nSPS) is 11.2. The fraction of sp³-hybridized carbons (Fsp3) is 0.250. The average Bonchev–Trinajstić information content (AvgIpc) is 3.14. The summed E-state index contributed by atoms with van der Waals surface area (Å²) < 4.78 is 2.06. The van der Waals surface area contributed by atoms with Gasteiger partial charge in [-0.1, -0.05) is 18.2 Å². The molecule has 2 aromatic carbocycles. The number of nitro groups is 1. The third-order valence-electron chi connectivity index (χ3n) is 5.55. The monoisotopic (exact) mass is 445 g/mol. The van der Waals surface area contributed by atoms with Crippen LogP contribution in [-0.4, -0.2) is 58.6 Å². The van der Waals surface area contributed by atoms with Crippen molar-refractivity contribution in [2.24, 2.45) is 7.05 Å². The highest BCUT2D eigenvalue weighted by molar-refractivity contribution is 5.95. The standard InChI is InChI=1S/C24H27N7O2/c1-28(2)13-14-29(3)22-10-9-17(15-23(22)31(32)33)26-24-25-12-11-20(27-24)19-16-30(4)21-8-6-5-7-18(19)21/h5-12,15-16H,13-14H2,1-4H3,(H,25,26,27). The van der Waals surface area contributed by atoms with Crippen LogP contribution in [0.1, 0.15) is 0 Å². The molecule has 0 aliphatic heterocycles. The molecule has 2 heterocycles. The van der Waals surface area contributed by atoms with Crippen LogP contribution in [0.2, 0.25) is 0 Å². The Hall–Kier alpha value is -3.98. The molecule has 4 rings (SSSR count). The SMILES string of the molecule is CN(C)CCN(C)c1ccc(Nc2nccc(-c3cn(C)c4ccccc34)n2)cc1[N+](=O)[O-]. The van der Waals surface area contributed by atoms with Crippen LogP contribution in [0.15, 0.2) is 60.9 Å². The van der Waals surface area contributed by atoms with Gasteiger partial charge in [-0.15, -0.1) is 0 Å². The van der Waals surface area contributed by atoms with Crippen LogP contribution in [0.25, 0.3) is 22.2 Å². The summed E-state index contributed by atoms with van der Waals surface area (Å²) in [5.41, 5.74) is 4.05. The Morgan fingerprint density at radius 1 is 1.09 bits per heavy atom. The van der Waals surface area contributed by atoms with Crippen LogP contribution in [0.4, 0.5) is 23.0 Å². The lowest BCUT2D eigenvalue weighted by atomic mass is 10.1. The number of aromatic nitrogens is 3. The van der Waals surface area contributed by atoms with Gasteiger partial charge < -0.3 is 19.7 Å². The second-order valence-electron chi connectivity index (χ2n) is 8.25. The molecule has 0 saturated heterocycles. The van der Waals surface area contributed by atoms with Crippen LogP contribution in [0.3, 0.4) is 0 Å². The average molecular weight is 446 g/mol. The third kappa shape index (κ3) is 4.78. The maximum Gasteiger partial charge on any atom is 0.294 e. The number of nitrogens with zero attached hydrogens (tertiary/aromatic N) is 6. The summed E-state index contributed by atoms with van der Waals surface area (Å²) in [6.45, 7) is 1.47. The van der Waals surface area contributed by atoms with E-state index >= 15 is 0 Å². The van der Waals surface area contributed by atoms with Crippen molar-refractivity contribution in [3.8, 4) is 11.3 Å². The molecule has 0 radical (unpaired) electrons. The van der Waals surface area contributed by atoms with E-state index in [1.165, 1.54) is 6.07 Å². The summed E-state index contributed by atoms with van der Waals surface area (Å²) in [6, 6.07) is 15.1. The Kier molecular flexibility index (Phi) is 6.23. The molecule has 0 amide bonds. The zero-order chi connectivity index (χ0) is 23.5. The maximum atomic E-state index is 11.7. The number of fused-ring (bicyclic) bond motifs is 1. The van der Waals surface area contributed by atoms with Gasteiger partial charge in [0.25, 0.3) is 5.69 Å². The number of likely N-dealkylation sites (N-methyl/N-ethyl adjacent to an activating group) is 2. The van der Waals surface area contributed by atoms with E-state index in [0.717, 1.165) is 28.7 Å². The quantitative estimate of drug-likeness (QED) is 0.320. The Balaban J connectivity index is 1.62. The number of rotatable bonds is 8. The third-order valence-corrected chi connectivity index (χ3v) is 5.55. The van der Waals surface area contributed by atoms with E-state index in [1.54, 1.807) is 12.3 Å². The predicted octanol–water partition coefficient (Wildman–Crippen LogP) is 4.28. The summed E-state index contributed by atoms with van der Waals surface area (Å²) in [5, 5.41) is 16.0. The van der Waals surface area contributed by atoms with Crippen LogP contribution in [0, 0.1) is 10.1 Å². The van der Waals surface area contributed by atoms with Gasteiger partial charge >= 0.3 is 0 Å². The number of hydrogen-bond acceptors (Lipinski definition) is 7. The highest BCUT2D eigenvalue weighted by Gasteiger charge is 2.19. The molecule has 0 unspecified atom stereocenters.